The normalized spacial score (nSPS) is 13.4. The topological polar surface area (TPSA) is 64.0 Å². The largest absolute Gasteiger partial charge is 0.349 e. The summed E-state index contributed by atoms with van der Waals surface area (Å²) >= 11 is 1.34. The first kappa shape index (κ1) is 22.1. The van der Waals surface area contributed by atoms with Gasteiger partial charge in [-0.15, -0.1) is 0 Å². The van der Waals surface area contributed by atoms with Gasteiger partial charge in [-0.05, 0) is 43.9 Å². The summed E-state index contributed by atoms with van der Waals surface area (Å²) < 4.78 is 1.72. The second kappa shape index (κ2) is 9.94. The van der Waals surface area contributed by atoms with Crippen LogP contribution in [0.25, 0.3) is 10.9 Å². The van der Waals surface area contributed by atoms with Gasteiger partial charge in [0, 0.05) is 6.54 Å². The van der Waals surface area contributed by atoms with Gasteiger partial charge in [-0.2, -0.15) is 0 Å². The van der Waals surface area contributed by atoms with Crippen LogP contribution in [0.5, 0.6) is 0 Å². The number of thioether (sulfide) groups is 1. The minimum absolute atomic E-state index is 0.0472. The number of fused-ring (bicyclic) bond motifs is 1. The molecule has 0 aliphatic heterocycles. The van der Waals surface area contributed by atoms with Gasteiger partial charge in [-0.25, -0.2) is 4.98 Å². The lowest BCUT2D eigenvalue weighted by atomic mass is 10.1. The number of carbonyl (C=O) groups is 1. The number of aromatic nitrogens is 2. The van der Waals surface area contributed by atoms with Crippen LogP contribution in [0.2, 0.25) is 0 Å². The van der Waals surface area contributed by atoms with E-state index < -0.39 is 0 Å². The first-order chi connectivity index (χ1) is 14.4. The Morgan fingerprint density at radius 1 is 1.03 bits per heavy atom. The molecule has 1 amide bonds. The van der Waals surface area contributed by atoms with Crippen molar-refractivity contribution in [3.05, 3.63) is 70.5 Å². The van der Waals surface area contributed by atoms with E-state index in [1.165, 1.54) is 11.8 Å². The Balaban J connectivity index is 1.83. The highest BCUT2D eigenvalue weighted by Crippen LogP contribution is 2.24. The van der Waals surface area contributed by atoms with Gasteiger partial charge in [-0.3, -0.25) is 14.2 Å². The van der Waals surface area contributed by atoms with Crippen molar-refractivity contribution in [1.82, 2.24) is 14.9 Å². The first-order valence-electron chi connectivity index (χ1n) is 10.4. The number of nitrogens with zero attached hydrogens (tertiary/aromatic N) is 2. The summed E-state index contributed by atoms with van der Waals surface area (Å²) in [5.74, 6) is 0.392. The van der Waals surface area contributed by atoms with Crippen LogP contribution < -0.4 is 10.9 Å². The first-order valence-corrected chi connectivity index (χ1v) is 11.3. The fourth-order valence-corrected chi connectivity index (χ4v) is 4.13. The average molecular weight is 424 g/mol. The third kappa shape index (κ3) is 5.30. The van der Waals surface area contributed by atoms with Gasteiger partial charge >= 0.3 is 0 Å². The van der Waals surface area contributed by atoms with Crippen molar-refractivity contribution in [2.24, 2.45) is 5.92 Å². The molecule has 0 radical (unpaired) electrons. The van der Waals surface area contributed by atoms with Gasteiger partial charge in [0.2, 0.25) is 5.91 Å². The molecule has 30 heavy (non-hydrogen) atoms. The van der Waals surface area contributed by atoms with E-state index in [-0.39, 0.29) is 22.8 Å². The maximum atomic E-state index is 13.1. The molecule has 3 rings (SSSR count). The number of rotatable bonds is 8. The number of carbonyl (C=O) groups excluding carboxylic acids is 1. The second-order valence-electron chi connectivity index (χ2n) is 7.95. The van der Waals surface area contributed by atoms with Crippen molar-refractivity contribution < 1.29 is 4.79 Å². The van der Waals surface area contributed by atoms with Crippen LogP contribution in [0.15, 0.2) is 64.5 Å². The summed E-state index contributed by atoms with van der Waals surface area (Å²) in [6.07, 6.45) is 0.874. The van der Waals surface area contributed by atoms with Crippen LogP contribution >= 0.6 is 11.8 Å². The molecular formula is C24H29N3O2S. The van der Waals surface area contributed by atoms with Crippen LogP contribution in [0.3, 0.4) is 0 Å². The van der Waals surface area contributed by atoms with Crippen LogP contribution in [0.4, 0.5) is 0 Å². The van der Waals surface area contributed by atoms with Gasteiger partial charge < -0.3 is 5.32 Å². The van der Waals surface area contributed by atoms with Crippen LogP contribution in [-0.2, 0) is 11.3 Å². The van der Waals surface area contributed by atoms with Gasteiger partial charge in [0.25, 0.3) is 5.56 Å². The summed E-state index contributed by atoms with van der Waals surface area (Å²) in [5, 5.41) is 3.89. The maximum Gasteiger partial charge on any atom is 0.262 e. The molecule has 5 nitrogen and oxygen atoms in total. The van der Waals surface area contributed by atoms with Crippen LogP contribution in [0.1, 0.15) is 45.7 Å². The molecule has 2 unspecified atom stereocenters. The summed E-state index contributed by atoms with van der Waals surface area (Å²) in [6, 6.07) is 17.2. The Morgan fingerprint density at radius 3 is 2.40 bits per heavy atom. The van der Waals surface area contributed by atoms with E-state index in [4.69, 9.17) is 4.98 Å². The maximum absolute atomic E-state index is 13.1. The van der Waals surface area contributed by atoms with E-state index in [1.54, 1.807) is 4.57 Å². The molecule has 0 aliphatic rings. The molecule has 2 atom stereocenters. The van der Waals surface area contributed by atoms with E-state index in [0.717, 1.165) is 12.0 Å². The zero-order valence-corrected chi connectivity index (χ0v) is 18.8. The van der Waals surface area contributed by atoms with Gasteiger partial charge in [0.05, 0.1) is 22.2 Å². The highest BCUT2D eigenvalue weighted by Gasteiger charge is 2.21. The molecule has 0 bridgehead atoms. The van der Waals surface area contributed by atoms with E-state index in [9.17, 15) is 9.59 Å². The average Bonchev–Trinajstić information content (AvgIpc) is 2.73. The Kier molecular flexibility index (Phi) is 7.32. The van der Waals surface area contributed by atoms with Crippen molar-refractivity contribution >= 4 is 28.6 Å². The highest BCUT2D eigenvalue weighted by atomic mass is 32.2. The van der Waals surface area contributed by atoms with Crippen molar-refractivity contribution in [1.29, 1.82) is 0 Å². The second-order valence-corrected chi connectivity index (χ2v) is 9.26. The van der Waals surface area contributed by atoms with E-state index >= 15 is 0 Å². The highest BCUT2D eigenvalue weighted by molar-refractivity contribution is 8.00. The number of hydrogen-bond donors (Lipinski definition) is 1. The molecule has 0 fully saturated rings. The monoisotopic (exact) mass is 423 g/mol. The summed E-state index contributed by atoms with van der Waals surface area (Å²) in [5.41, 5.74) is 1.67. The molecule has 1 N–H and O–H groups in total. The van der Waals surface area contributed by atoms with Gasteiger partial charge in [0.1, 0.15) is 0 Å². The smallest absolute Gasteiger partial charge is 0.262 e. The molecule has 1 aromatic heterocycles. The van der Waals surface area contributed by atoms with E-state index in [1.807, 2.05) is 68.4 Å². The number of hydrogen-bond acceptors (Lipinski definition) is 4. The quantitative estimate of drug-likeness (QED) is 0.417. The number of amides is 1. The molecule has 0 saturated carbocycles. The number of benzene rings is 2. The molecular weight excluding hydrogens is 394 g/mol. The lowest BCUT2D eigenvalue weighted by Gasteiger charge is -2.19. The molecule has 0 saturated heterocycles. The Morgan fingerprint density at radius 2 is 1.70 bits per heavy atom. The molecule has 0 aliphatic carbocycles. The molecule has 2 aromatic carbocycles. The predicted octanol–water partition coefficient (Wildman–Crippen LogP) is 4.80. The molecule has 158 valence electrons. The Hall–Kier alpha value is -2.60. The van der Waals surface area contributed by atoms with E-state index in [2.05, 4.69) is 19.2 Å². The third-order valence-corrected chi connectivity index (χ3v) is 6.16. The van der Waals surface area contributed by atoms with Gasteiger partial charge in [-0.1, -0.05) is 68.1 Å². The van der Waals surface area contributed by atoms with Gasteiger partial charge in [0.15, 0.2) is 5.16 Å². The summed E-state index contributed by atoms with van der Waals surface area (Å²) in [6.45, 7) is 8.68. The number of para-hydroxylation sites is 1. The van der Waals surface area contributed by atoms with Crippen LogP contribution in [-0.4, -0.2) is 20.7 Å². The lowest BCUT2D eigenvalue weighted by molar-refractivity contribution is -0.120. The molecule has 0 spiro atoms. The summed E-state index contributed by atoms with van der Waals surface area (Å²) in [7, 11) is 0. The Bertz CT molecular complexity index is 1060. The minimum Gasteiger partial charge on any atom is -0.349 e. The zero-order valence-electron chi connectivity index (χ0n) is 18.0. The zero-order chi connectivity index (χ0) is 21.7. The summed E-state index contributed by atoms with van der Waals surface area (Å²) in [4.78, 5) is 30.6. The van der Waals surface area contributed by atoms with Crippen molar-refractivity contribution in [2.75, 3.05) is 0 Å². The fourth-order valence-electron chi connectivity index (χ4n) is 3.19. The molecule has 6 heteroatoms. The lowest BCUT2D eigenvalue weighted by Crippen LogP contribution is -2.34. The minimum atomic E-state index is -0.380. The van der Waals surface area contributed by atoms with Crippen LogP contribution in [0, 0.1) is 5.92 Å². The van der Waals surface area contributed by atoms with Crippen molar-refractivity contribution in [3.63, 3.8) is 0 Å². The van der Waals surface area contributed by atoms with Crippen molar-refractivity contribution in [3.8, 4) is 0 Å². The van der Waals surface area contributed by atoms with Crippen molar-refractivity contribution in [2.45, 2.75) is 57.1 Å². The standard InChI is InChI=1S/C24H29N3O2S/c1-16(2)14-15-27-23(29)20-12-8-9-13-21(20)26-24(27)30-18(4)22(28)25-17(3)19-10-6-5-7-11-19/h5-13,16-18H,14-15H2,1-4H3,(H,25,28). The molecule has 1 heterocycles. The SMILES string of the molecule is CC(C)CCn1c(SC(C)C(=O)NC(C)c2ccccc2)nc2ccccc2c1=O. The molecule has 3 aromatic rings. The number of nitrogens with one attached hydrogen (secondary N) is 1. The Labute approximate surface area is 181 Å². The third-order valence-electron chi connectivity index (χ3n) is 5.07. The van der Waals surface area contributed by atoms with E-state index in [0.29, 0.717) is 28.5 Å². The predicted molar refractivity (Wildman–Crippen MR) is 124 cm³/mol. The fraction of sp³-hybridized carbons (Fsp3) is 0.375.